The number of methoxy groups -OCH3 is 1. The Balaban J connectivity index is 1.63. The lowest BCUT2D eigenvalue weighted by Gasteiger charge is -2.11. The average Bonchev–Trinajstić information content (AvgIpc) is 3.23. The Morgan fingerprint density at radius 3 is 2.52 bits per heavy atom. The number of rotatable bonds is 7. The van der Waals surface area contributed by atoms with Gasteiger partial charge >= 0.3 is 11.9 Å². The minimum absolute atomic E-state index is 0.110. The van der Waals surface area contributed by atoms with Crippen molar-refractivity contribution in [3.05, 3.63) is 51.2 Å². The quantitative estimate of drug-likeness (QED) is 0.456. The van der Waals surface area contributed by atoms with Crippen LogP contribution in [0, 0.1) is 34.6 Å². The number of esters is 2. The van der Waals surface area contributed by atoms with Gasteiger partial charge in [0.1, 0.15) is 0 Å². The lowest BCUT2D eigenvalue weighted by molar-refractivity contribution is -0.142. The molecule has 0 spiro atoms. The number of nitrogens with zero attached hydrogens (tertiary/aromatic N) is 3. The van der Waals surface area contributed by atoms with Crippen molar-refractivity contribution in [3.63, 3.8) is 0 Å². The summed E-state index contributed by atoms with van der Waals surface area (Å²) >= 11 is 0. The van der Waals surface area contributed by atoms with Crippen LogP contribution in [-0.2, 0) is 20.7 Å². The molecule has 0 radical (unpaired) electrons. The maximum absolute atomic E-state index is 12.5. The Morgan fingerprint density at radius 2 is 1.84 bits per heavy atom. The molecule has 0 aliphatic heterocycles. The van der Waals surface area contributed by atoms with E-state index in [4.69, 9.17) is 9.47 Å². The van der Waals surface area contributed by atoms with Gasteiger partial charge in [0.15, 0.2) is 12.3 Å². The van der Waals surface area contributed by atoms with Gasteiger partial charge in [-0.2, -0.15) is 5.10 Å². The number of hydrogen-bond donors (Lipinski definition) is 1. The van der Waals surface area contributed by atoms with Crippen LogP contribution in [0.2, 0.25) is 0 Å². The molecule has 164 valence electrons. The fourth-order valence-corrected chi connectivity index (χ4v) is 3.76. The topological polar surface area (TPSA) is 116 Å². The molecule has 0 fully saturated rings. The second kappa shape index (κ2) is 8.71. The molecular formula is C22H26N4O5. The lowest BCUT2D eigenvalue weighted by Crippen LogP contribution is -2.16. The number of ketones is 1. The van der Waals surface area contributed by atoms with Crippen molar-refractivity contribution in [1.82, 2.24) is 19.6 Å². The van der Waals surface area contributed by atoms with Crippen molar-refractivity contribution in [2.45, 2.75) is 47.5 Å². The summed E-state index contributed by atoms with van der Waals surface area (Å²) < 4.78 is 11.7. The molecule has 0 aromatic carbocycles. The molecule has 0 atom stereocenters. The first-order chi connectivity index (χ1) is 14.6. The minimum atomic E-state index is -0.522. The average molecular weight is 426 g/mol. The van der Waals surface area contributed by atoms with Crippen molar-refractivity contribution >= 4 is 23.4 Å². The summed E-state index contributed by atoms with van der Waals surface area (Å²) in [4.78, 5) is 44.0. The van der Waals surface area contributed by atoms with E-state index in [0.717, 1.165) is 28.3 Å². The number of fused-ring (bicyclic) bond motifs is 1. The summed E-state index contributed by atoms with van der Waals surface area (Å²) in [6, 6.07) is 1.90. The molecule has 3 aromatic rings. The number of aromatic nitrogens is 4. The van der Waals surface area contributed by atoms with E-state index in [1.165, 1.54) is 7.11 Å². The van der Waals surface area contributed by atoms with E-state index in [1.54, 1.807) is 18.4 Å². The van der Waals surface area contributed by atoms with Gasteiger partial charge in [0.05, 0.1) is 24.1 Å². The monoisotopic (exact) mass is 426 g/mol. The number of aryl methyl sites for hydroxylation is 4. The molecule has 0 saturated carbocycles. The molecule has 0 aliphatic carbocycles. The van der Waals surface area contributed by atoms with Gasteiger partial charge in [0, 0.05) is 29.6 Å². The highest BCUT2D eigenvalue weighted by molar-refractivity contribution is 6.02. The standard InChI is InChI=1S/C22H26N4O5/c1-11-9-18-23-13(3)16(15(5)26(18)25-11)7-8-19(28)31-10-17(27)21-12(2)20(14(4)24-21)22(29)30-6/h9,24H,7-8,10H2,1-6H3. The number of nitrogens with one attached hydrogen (secondary N) is 1. The van der Waals surface area contributed by atoms with Gasteiger partial charge in [-0.25, -0.2) is 14.3 Å². The first-order valence-corrected chi connectivity index (χ1v) is 9.92. The van der Waals surface area contributed by atoms with Gasteiger partial charge in [-0.15, -0.1) is 0 Å². The number of hydrogen-bond acceptors (Lipinski definition) is 7. The molecule has 31 heavy (non-hydrogen) atoms. The highest BCUT2D eigenvalue weighted by Gasteiger charge is 2.23. The largest absolute Gasteiger partial charge is 0.465 e. The summed E-state index contributed by atoms with van der Waals surface area (Å²) in [6.07, 6.45) is 0.540. The minimum Gasteiger partial charge on any atom is -0.465 e. The van der Waals surface area contributed by atoms with Crippen molar-refractivity contribution in [1.29, 1.82) is 0 Å². The van der Waals surface area contributed by atoms with Crippen molar-refractivity contribution in [3.8, 4) is 0 Å². The SMILES string of the molecule is COC(=O)c1c(C)[nH]c(C(=O)COC(=O)CCc2c(C)nc3cc(C)nn3c2C)c1C. The molecular weight excluding hydrogens is 400 g/mol. The number of carbonyl (C=O) groups is 3. The molecule has 1 N–H and O–H groups in total. The number of H-pyrrole nitrogens is 1. The van der Waals surface area contributed by atoms with E-state index in [9.17, 15) is 14.4 Å². The van der Waals surface area contributed by atoms with Crippen LogP contribution in [0.25, 0.3) is 5.65 Å². The summed E-state index contributed by atoms with van der Waals surface area (Å²) in [6.45, 7) is 8.66. The molecule has 9 nitrogen and oxygen atoms in total. The number of ether oxygens (including phenoxy) is 2. The molecule has 0 aliphatic rings. The van der Waals surface area contributed by atoms with Gasteiger partial charge in [-0.3, -0.25) is 9.59 Å². The highest BCUT2D eigenvalue weighted by atomic mass is 16.5. The van der Waals surface area contributed by atoms with E-state index >= 15 is 0 Å². The van der Waals surface area contributed by atoms with Crippen molar-refractivity contribution in [2.75, 3.05) is 13.7 Å². The first kappa shape index (κ1) is 22.2. The summed E-state index contributed by atoms with van der Waals surface area (Å²) in [5, 5.41) is 4.43. The van der Waals surface area contributed by atoms with Crippen LogP contribution < -0.4 is 0 Å². The smallest absolute Gasteiger partial charge is 0.339 e. The van der Waals surface area contributed by atoms with Crippen LogP contribution in [0.3, 0.4) is 0 Å². The summed E-state index contributed by atoms with van der Waals surface area (Å²) in [5.74, 6) is -1.42. The Morgan fingerprint density at radius 1 is 1.13 bits per heavy atom. The molecule has 3 heterocycles. The summed E-state index contributed by atoms with van der Waals surface area (Å²) in [5.41, 5.74) is 5.89. The normalized spacial score (nSPS) is 11.0. The zero-order valence-corrected chi connectivity index (χ0v) is 18.6. The third-order valence-electron chi connectivity index (χ3n) is 5.34. The number of Topliss-reactive ketones (excluding diaryl/α,β-unsaturated/α-hetero) is 1. The highest BCUT2D eigenvalue weighted by Crippen LogP contribution is 2.20. The van der Waals surface area contributed by atoms with Crippen molar-refractivity contribution in [2.24, 2.45) is 0 Å². The maximum atomic E-state index is 12.5. The molecule has 0 amide bonds. The van der Waals surface area contributed by atoms with Gasteiger partial charge < -0.3 is 14.5 Å². The van der Waals surface area contributed by atoms with Gasteiger partial charge in [-0.05, 0) is 52.2 Å². The lowest BCUT2D eigenvalue weighted by atomic mass is 10.1. The molecule has 0 saturated heterocycles. The molecule has 3 rings (SSSR count). The van der Waals surface area contributed by atoms with Crippen molar-refractivity contribution < 1.29 is 23.9 Å². The predicted octanol–water partition coefficient (Wildman–Crippen LogP) is 2.74. The first-order valence-electron chi connectivity index (χ1n) is 9.92. The van der Waals surface area contributed by atoms with Gasteiger partial charge in [0.2, 0.25) is 5.78 Å². The molecule has 9 heteroatoms. The third kappa shape index (κ3) is 4.35. The van der Waals surface area contributed by atoms with Crippen LogP contribution in [0.1, 0.15) is 61.2 Å². The fraction of sp³-hybridized carbons (Fsp3) is 0.409. The summed E-state index contributed by atoms with van der Waals surface area (Å²) in [7, 11) is 1.28. The Bertz CT molecular complexity index is 1190. The zero-order chi connectivity index (χ0) is 22.9. The van der Waals surface area contributed by atoms with E-state index in [-0.39, 0.29) is 12.1 Å². The van der Waals surface area contributed by atoms with E-state index in [1.807, 2.05) is 26.8 Å². The van der Waals surface area contributed by atoms with Gasteiger partial charge in [-0.1, -0.05) is 0 Å². The van der Waals surface area contributed by atoms with Crippen LogP contribution in [-0.4, -0.2) is 51.0 Å². The second-order valence-electron chi connectivity index (χ2n) is 7.52. The van der Waals surface area contributed by atoms with E-state index in [0.29, 0.717) is 23.2 Å². The van der Waals surface area contributed by atoms with Crippen LogP contribution in [0.5, 0.6) is 0 Å². The van der Waals surface area contributed by atoms with E-state index < -0.39 is 24.3 Å². The second-order valence-corrected chi connectivity index (χ2v) is 7.52. The molecule has 0 unspecified atom stereocenters. The Hall–Kier alpha value is -3.49. The Kier molecular flexibility index (Phi) is 6.24. The number of aromatic amines is 1. The molecule has 0 bridgehead atoms. The maximum Gasteiger partial charge on any atom is 0.339 e. The van der Waals surface area contributed by atoms with E-state index in [2.05, 4.69) is 15.1 Å². The predicted molar refractivity (Wildman–Crippen MR) is 112 cm³/mol. The van der Waals surface area contributed by atoms with Crippen LogP contribution in [0.4, 0.5) is 0 Å². The fourth-order valence-electron chi connectivity index (χ4n) is 3.76. The number of carbonyl (C=O) groups excluding carboxylic acids is 3. The molecule has 3 aromatic heterocycles. The Labute approximate surface area is 179 Å². The zero-order valence-electron chi connectivity index (χ0n) is 18.6. The van der Waals surface area contributed by atoms with Crippen LogP contribution in [0.15, 0.2) is 6.07 Å². The third-order valence-corrected chi connectivity index (χ3v) is 5.34. The van der Waals surface area contributed by atoms with Crippen LogP contribution >= 0.6 is 0 Å². The van der Waals surface area contributed by atoms with Gasteiger partial charge in [0.25, 0.3) is 0 Å².